The largest absolute Gasteiger partial charge is 0.465 e. The van der Waals surface area contributed by atoms with Gasteiger partial charge in [-0.25, -0.2) is 4.79 Å². The van der Waals surface area contributed by atoms with Gasteiger partial charge in [-0.2, -0.15) is 0 Å². The van der Waals surface area contributed by atoms with Gasteiger partial charge in [-0.1, -0.05) is 85.8 Å². The molecule has 37 heavy (non-hydrogen) atoms. The predicted molar refractivity (Wildman–Crippen MR) is 150 cm³/mol. The fourth-order valence-electron chi connectivity index (χ4n) is 6.51. The van der Waals surface area contributed by atoms with E-state index in [9.17, 15) is 9.90 Å². The van der Waals surface area contributed by atoms with Gasteiger partial charge in [0.25, 0.3) is 0 Å². The van der Waals surface area contributed by atoms with Crippen LogP contribution in [-0.4, -0.2) is 52.2 Å². The number of para-hydroxylation sites is 1. The molecule has 0 saturated carbocycles. The van der Waals surface area contributed by atoms with Crippen LogP contribution in [0.5, 0.6) is 0 Å². The first kappa shape index (κ1) is 25.3. The number of aryl methyl sites for hydroxylation is 1. The molecule has 0 aromatic heterocycles. The van der Waals surface area contributed by atoms with Gasteiger partial charge in [0.1, 0.15) is 0 Å². The molecule has 3 aromatic rings. The zero-order chi connectivity index (χ0) is 25.6. The fourth-order valence-corrected chi connectivity index (χ4v) is 6.51. The van der Waals surface area contributed by atoms with E-state index >= 15 is 0 Å². The van der Waals surface area contributed by atoms with Crippen LogP contribution < -0.4 is 4.90 Å². The number of hydrogen-bond acceptors (Lipinski definition) is 3. The topological polar surface area (TPSA) is 47.0 Å². The Morgan fingerprint density at radius 3 is 2.16 bits per heavy atom. The molecular weight excluding hydrogens is 458 g/mol. The molecule has 1 amide bonds. The van der Waals surface area contributed by atoms with Crippen LogP contribution >= 0.6 is 0 Å². The second-order valence-corrected chi connectivity index (χ2v) is 10.5. The lowest BCUT2D eigenvalue weighted by molar-refractivity contribution is 0.0364. The molecule has 5 heteroatoms. The van der Waals surface area contributed by atoms with Gasteiger partial charge < -0.3 is 14.9 Å². The maximum atomic E-state index is 12.5. The van der Waals surface area contributed by atoms with Gasteiger partial charge >= 0.3 is 6.09 Å². The summed E-state index contributed by atoms with van der Waals surface area (Å²) in [6.45, 7) is 5.46. The van der Waals surface area contributed by atoms with E-state index in [2.05, 4.69) is 102 Å². The third-order valence-corrected chi connectivity index (χ3v) is 8.24. The highest BCUT2D eigenvalue weighted by Gasteiger charge is 2.40. The summed E-state index contributed by atoms with van der Waals surface area (Å²) in [6, 6.07) is 30.4. The van der Waals surface area contributed by atoms with Crippen LogP contribution in [0.1, 0.15) is 49.3 Å². The van der Waals surface area contributed by atoms with E-state index in [4.69, 9.17) is 0 Å². The normalized spacial score (nSPS) is 20.5. The van der Waals surface area contributed by atoms with Crippen molar-refractivity contribution in [3.05, 3.63) is 102 Å². The molecule has 3 aromatic carbocycles. The number of anilines is 1. The summed E-state index contributed by atoms with van der Waals surface area (Å²) in [4.78, 5) is 19.3. The first-order valence-corrected chi connectivity index (χ1v) is 13.8. The molecule has 0 spiro atoms. The summed E-state index contributed by atoms with van der Waals surface area (Å²) in [5, 5.41) is 10.3. The third kappa shape index (κ3) is 5.83. The zero-order valence-electron chi connectivity index (χ0n) is 21.9. The van der Waals surface area contributed by atoms with Crippen LogP contribution in [0, 0.1) is 0 Å². The maximum Gasteiger partial charge on any atom is 0.407 e. The van der Waals surface area contributed by atoms with Crippen molar-refractivity contribution < 1.29 is 9.90 Å². The van der Waals surface area contributed by atoms with Gasteiger partial charge in [0.2, 0.25) is 0 Å². The Morgan fingerprint density at radius 1 is 0.919 bits per heavy atom. The SMILES string of the molecule is CCC(C1CC(N2CCCc3ccccc32)CCN1C(=O)O)N(Cc1ccccc1)Cc1ccccc1. The van der Waals surface area contributed by atoms with E-state index in [1.165, 1.54) is 22.4 Å². The fraction of sp³-hybridized carbons (Fsp3) is 0.406. The van der Waals surface area contributed by atoms with Gasteiger partial charge in [-0.05, 0) is 54.9 Å². The Kier molecular flexibility index (Phi) is 8.10. The molecule has 5 nitrogen and oxygen atoms in total. The predicted octanol–water partition coefficient (Wildman–Crippen LogP) is 6.43. The third-order valence-electron chi connectivity index (χ3n) is 8.24. The van der Waals surface area contributed by atoms with Crippen molar-refractivity contribution in [2.45, 2.75) is 70.2 Å². The van der Waals surface area contributed by atoms with E-state index in [1.54, 1.807) is 4.90 Å². The number of carbonyl (C=O) groups is 1. The average Bonchev–Trinajstić information content (AvgIpc) is 2.94. The van der Waals surface area contributed by atoms with Crippen molar-refractivity contribution in [2.75, 3.05) is 18.0 Å². The van der Waals surface area contributed by atoms with Crippen molar-refractivity contribution in [1.29, 1.82) is 0 Å². The summed E-state index contributed by atoms with van der Waals surface area (Å²) in [6.07, 6.45) is 4.14. The molecule has 0 radical (unpaired) electrons. The first-order valence-electron chi connectivity index (χ1n) is 13.8. The molecule has 1 fully saturated rings. The lowest BCUT2D eigenvalue weighted by atomic mass is 9.87. The van der Waals surface area contributed by atoms with Crippen LogP contribution in [-0.2, 0) is 19.5 Å². The van der Waals surface area contributed by atoms with Crippen LogP contribution in [0.15, 0.2) is 84.9 Å². The Hall–Kier alpha value is -3.31. The number of nitrogens with zero attached hydrogens (tertiary/aromatic N) is 3. The minimum Gasteiger partial charge on any atom is -0.465 e. The summed E-state index contributed by atoms with van der Waals surface area (Å²) in [5.74, 6) is 0. The molecule has 3 atom stereocenters. The molecule has 0 aliphatic carbocycles. The average molecular weight is 498 g/mol. The molecule has 1 saturated heterocycles. The van der Waals surface area contributed by atoms with E-state index in [0.29, 0.717) is 12.6 Å². The second-order valence-electron chi connectivity index (χ2n) is 10.5. The Labute approximate surface area is 221 Å². The Balaban J connectivity index is 1.45. The highest BCUT2D eigenvalue weighted by atomic mass is 16.4. The number of likely N-dealkylation sites (tertiary alicyclic amines) is 1. The number of amides is 1. The summed E-state index contributed by atoms with van der Waals surface area (Å²) in [5.41, 5.74) is 5.29. The molecular formula is C32H39N3O2. The van der Waals surface area contributed by atoms with Crippen molar-refractivity contribution in [1.82, 2.24) is 9.80 Å². The quantitative estimate of drug-likeness (QED) is 0.390. The van der Waals surface area contributed by atoms with Gasteiger partial charge in [-0.15, -0.1) is 0 Å². The molecule has 1 N–H and O–H groups in total. The zero-order valence-corrected chi connectivity index (χ0v) is 21.9. The minimum absolute atomic E-state index is 0.0530. The lowest BCUT2D eigenvalue weighted by Crippen LogP contribution is -2.59. The molecule has 2 aliphatic rings. The van der Waals surface area contributed by atoms with Crippen LogP contribution in [0.25, 0.3) is 0 Å². The minimum atomic E-state index is -0.791. The van der Waals surface area contributed by atoms with Crippen molar-refractivity contribution in [3.8, 4) is 0 Å². The van der Waals surface area contributed by atoms with E-state index in [0.717, 1.165) is 51.7 Å². The van der Waals surface area contributed by atoms with E-state index < -0.39 is 6.09 Å². The first-order chi connectivity index (χ1) is 18.1. The number of carboxylic acid groups (broad SMARTS) is 1. The van der Waals surface area contributed by atoms with Crippen molar-refractivity contribution >= 4 is 11.8 Å². The standard InChI is InChI=1S/C32H39N3O2/c1-2-29(33(23-25-12-5-3-6-13-25)24-26-14-7-4-8-15-26)31-22-28(19-21-35(31)32(36)37)34-20-11-17-27-16-9-10-18-30(27)34/h3-10,12-16,18,28-29,31H,2,11,17,19-24H2,1H3,(H,36,37). The lowest BCUT2D eigenvalue weighted by Gasteiger charge is -2.49. The Morgan fingerprint density at radius 2 is 1.54 bits per heavy atom. The number of piperidine rings is 1. The molecule has 0 bridgehead atoms. The van der Waals surface area contributed by atoms with Gasteiger partial charge in [0.05, 0.1) is 6.04 Å². The van der Waals surface area contributed by atoms with Gasteiger partial charge in [0, 0.05) is 44.0 Å². The summed E-state index contributed by atoms with van der Waals surface area (Å²) < 4.78 is 0. The summed E-state index contributed by atoms with van der Waals surface area (Å²) in [7, 11) is 0. The number of benzene rings is 3. The highest BCUT2D eigenvalue weighted by molar-refractivity contribution is 5.66. The van der Waals surface area contributed by atoms with Gasteiger partial charge in [0.15, 0.2) is 0 Å². The maximum absolute atomic E-state index is 12.5. The van der Waals surface area contributed by atoms with E-state index in [1.807, 2.05) is 0 Å². The highest BCUT2D eigenvalue weighted by Crippen LogP contribution is 2.35. The molecule has 2 aliphatic heterocycles. The molecule has 5 rings (SSSR count). The van der Waals surface area contributed by atoms with Crippen LogP contribution in [0.4, 0.5) is 10.5 Å². The van der Waals surface area contributed by atoms with E-state index in [-0.39, 0.29) is 12.1 Å². The number of fused-ring (bicyclic) bond motifs is 1. The van der Waals surface area contributed by atoms with Crippen molar-refractivity contribution in [2.24, 2.45) is 0 Å². The monoisotopic (exact) mass is 497 g/mol. The van der Waals surface area contributed by atoms with Gasteiger partial charge in [-0.3, -0.25) is 4.90 Å². The number of rotatable bonds is 8. The van der Waals surface area contributed by atoms with Crippen LogP contribution in [0.2, 0.25) is 0 Å². The molecule has 194 valence electrons. The smallest absolute Gasteiger partial charge is 0.407 e. The Bertz CT molecular complexity index is 1110. The summed E-state index contributed by atoms with van der Waals surface area (Å²) >= 11 is 0. The second kappa shape index (κ2) is 11.8. The van der Waals surface area contributed by atoms with Crippen LogP contribution in [0.3, 0.4) is 0 Å². The van der Waals surface area contributed by atoms with Crippen molar-refractivity contribution in [3.63, 3.8) is 0 Å². The molecule has 2 heterocycles. The molecule has 3 unspecified atom stereocenters. The number of hydrogen-bond donors (Lipinski definition) is 1.